The van der Waals surface area contributed by atoms with Crippen LogP contribution in [0.2, 0.25) is 0 Å². The fraction of sp³-hybridized carbons (Fsp3) is 0.235. The standard InChI is InChI=1S/C17H16N2O5S/c1-10-3-2-4-12-14(20)7-8-19(16(10)12)25(22,23)11-5-6-13-15(9-11)24-17(21)18-13/h2-6,9,14,20H,7-8H2,1H3,(H,18,21). The number of anilines is 1. The molecule has 8 heteroatoms. The van der Waals surface area contributed by atoms with Gasteiger partial charge in [-0.05, 0) is 31.0 Å². The largest absolute Gasteiger partial charge is 0.417 e. The van der Waals surface area contributed by atoms with Gasteiger partial charge in [0.1, 0.15) is 0 Å². The van der Waals surface area contributed by atoms with Gasteiger partial charge in [0.15, 0.2) is 5.58 Å². The van der Waals surface area contributed by atoms with Crippen LogP contribution in [0, 0.1) is 6.92 Å². The van der Waals surface area contributed by atoms with Crippen molar-refractivity contribution in [3.63, 3.8) is 0 Å². The molecule has 0 fully saturated rings. The molecule has 0 saturated carbocycles. The summed E-state index contributed by atoms with van der Waals surface area (Å²) < 4.78 is 32.6. The molecule has 0 aliphatic carbocycles. The van der Waals surface area contributed by atoms with Crippen molar-refractivity contribution in [1.29, 1.82) is 0 Å². The minimum atomic E-state index is -3.86. The number of H-pyrrole nitrogens is 1. The Balaban J connectivity index is 1.88. The Kier molecular flexibility index (Phi) is 3.48. The van der Waals surface area contributed by atoms with Crippen molar-refractivity contribution in [1.82, 2.24) is 4.98 Å². The highest BCUT2D eigenvalue weighted by Gasteiger charge is 2.33. The van der Waals surface area contributed by atoms with Crippen LogP contribution >= 0.6 is 0 Å². The number of aryl methyl sites for hydroxylation is 1. The Morgan fingerprint density at radius 3 is 2.88 bits per heavy atom. The summed E-state index contributed by atoms with van der Waals surface area (Å²) in [6.45, 7) is 1.99. The van der Waals surface area contributed by atoms with Crippen LogP contribution in [0.5, 0.6) is 0 Å². The van der Waals surface area contributed by atoms with E-state index in [2.05, 4.69) is 4.98 Å². The molecule has 7 nitrogen and oxygen atoms in total. The van der Waals surface area contributed by atoms with E-state index in [-0.39, 0.29) is 17.0 Å². The number of aromatic nitrogens is 1. The monoisotopic (exact) mass is 360 g/mol. The highest BCUT2D eigenvalue weighted by Crippen LogP contribution is 2.39. The fourth-order valence-electron chi connectivity index (χ4n) is 3.25. The number of fused-ring (bicyclic) bond motifs is 2. The number of para-hydroxylation sites is 1. The third-order valence-electron chi connectivity index (χ3n) is 4.46. The van der Waals surface area contributed by atoms with Crippen molar-refractivity contribution in [3.8, 4) is 0 Å². The smallest absolute Gasteiger partial charge is 0.408 e. The average molecular weight is 360 g/mol. The zero-order valence-electron chi connectivity index (χ0n) is 13.4. The highest BCUT2D eigenvalue weighted by molar-refractivity contribution is 7.92. The molecule has 4 rings (SSSR count). The molecule has 0 bridgehead atoms. The maximum absolute atomic E-state index is 13.2. The van der Waals surface area contributed by atoms with Gasteiger partial charge in [0.2, 0.25) is 0 Å². The van der Waals surface area contributed by atoms with Gasteiger partial charge in [-0.2, -0.15) is 0 Å². The summed E-state index contributed by atoms with van der Waals surface area (Å²) in [5.41, 5.74) is 2.51. The number of sulfonamides is 1. The Labute approximate surface area is 143 Å². The van der Waals surface area contributed by atoms with Crippen LogP contribution in [0.1, 0.15) is 23.7 Å². The van der Waals surface area contributed by atoms with Crippen LogP contribution in [0.3, 0.4) is 0 Å². The molecule has 2 N–H and O–H groups in total. The molecule has 25 heavy (non-hydrogen) atoms. The van der Waals surface area contributed by atoms with Crippen molar-refractivity contribution in [2.24, 2.45) is 0 Å². The Hall–Kier alpha value is -2.58. The van der Waals surface area contributed by atoms with E-state index in [1.807, 2.05) is 13.0 Å². The first kappa shape index (κ1) is 15.9. The topological polar surface area (TPSA) is 104 Å². The van der Waals surface area contributed by atoms with Crippen LogP contribution in [-0.4, -0.2) is 25.1 Å². The quantitative estimate of drug-likeness (QED) is 0.728. The maximum Gasteiger partial charge on any atom is 0.417 e. The number of aliphatic hydroxyl groups excluding tert-OH is 1. The molecule has 3 aromatic rings. The molecule has 1 aliphatic heterocycles. The summed E-state index contributed by atoms with van der Waals surface area (Å²) in [6, 6.07) is 9.63. The van der Waals surface area contributed by atoms with Crippen molar-refractivity contribution < 1.29 is 17.9 Å². The van der Waals surface area contributed by atoms with E-state index in [0.717, 1.165) is 5.56 Å². The van der Waals surface area contributed by atoms with Gasteiger partial charge in [-0.25, -0.2) is 13.2 Å². The SMILES string of the molecule is Cc1cccc2c1N(S(=O)(=O)c1ccc3[nH]c(=O)oc3c1)CCC2O. The van der Waals surface area contributed by atoms with Gasteiger partial charge in [-0.15, -0.1) is 0 Å². The van der Waals surface area contributed by atoms with Gasteiger partial charge < -0.3 is 9.52 Å². The number of rotatable bonds is 2. The number of hydrogen-bond acceptors (Lipinski definition) is 5. The van der Waals surface area contributed by atoms with Gasteiger partial charge in [0, 0.05) is 18.2 Å². The van der Waals surface area contributed by atoms with E-state index in [9.17, 15) is 18.3 Å². The molecule has 0 spiro atoms. The normalized spacial score (nSPS) is 17.7. The summed E-state index contributed by atoms with van der Waals surface area (Å²) in [6.07, 6.45) is -0.372. The fourth-order valence-corrected chi connectivity index (χ4v) is 4.84. The van der Waals surface area contributed by atoms with Crippen LogP contribution < -0.4 is 10.1 Å². The first-order valence-corrected chi connectivity index (χ1v) is 9.25. The predicted octanol–water partition coefficient (Wildman–Crippen LogP) is 2.06. The van der Waals surface area contributed by atoms with Crippen LogP contribution in [0.15, 0.2) is 50.5 Å². The van der Waals surface area contributed by atoms with Crippen LogP contribution in [0.4, 0.5) is 5.69 Å². The lowest BCUT2D eigenvalue weighted by molar-refractivity contribution is 0.166. The minimum Gasteiger partial charge on any atom is -0.408 e. The summed E-state index contributed by atoms with van der Waals surface area (Å²) in [5.74, 6) is -0.633. The maximum atomic E-state index is 13.2. The van der Waals surface area contributed by atoms with Crippen molar-refractivity contribution in [2.75, 3.05) is 10.8 Å². The molecular weight excluding hydrogens is 344 g/mol. The third kappa shape index (κ3) is 2.45. The number of hydrogen-bond donors (Lipinski definition) is 2. The second-order valence-corrected chi connectivity index (χ2v) is 7.93. The molecule has 130 valence electrons. The van der Waals surface area contributed by atoms with Crippen molar-refractivity contribution in [2.45, 2.75) is 24.3 Å². The van der Waals surface area contributed by atoms with Gasteiger partial charge in [-0.1, -0.05) is 18.2 Å². The Bertz CT molecular complexity index is 1130. The van der Waals surface area contributed by atoms with Gasteiger partial charge >= 0.3 is 5.76 Å². The number of aliphatic hydroxyl groups is 1. The molecule has 1 atom stereocenters. The minimum absolute atomic E-state index is 0.0355. The summed E-state index contributed by atoms with van der Waals surface area (Å²) in [4.78, 5) is 13.8. The van der Waals surface area contributed by atoms with Crippen LogP contribution in [-0.2, 0) is 10.0 Å². The van der Waals surface area contributed by atoms with E-state index in [1.54, 1.807) is 12.1 Å². The highest BCUT2D eigenvalue weighted by atomic mass is 32.2. The van der Waals surface area contributed by atoms with E-state index >= 15 is 0 Å². The molecule has 0 amide bonds. The van der Waals surface area contributed by atoms with Gasteiger partial charge in [-0.3, -0.25) is 9.29 Å². The second-order valence-electron chi connectivity index (χ2n) is 6.07. The summed E-state index contributed by atoms with van der Waals surface area (Å²) in [5, 5.41) is 10.2. The second kappa shape index (κ2) is 5.47. The van der Waals surface area contributed by atoms with E-state index < -0.39 is 21.9 Å². The molecule has 0 saturated heterocycles. The predicted molar refractivity (Wildman–Crippen MR) is 92.1 cm³/mol. The number of nitrogens with one attached hydrogen (secondary N) is 1. The van der Waals surface area contributed by atoms with Crippen molar-refractivity contribution >= 4 is 26.8 Å². The molecule has 2 heterocycles. The molecule has 1 aromatic heterocycles. The van der Waals surface area contributed by atoms with E-state index in [1.165, 1.54) is 22.5 Å². The number of oxazole rings is 1. The zero-order valence-corrected chi connectivity index (χ0v) is 14.2. The lowest BCUT2D eigenvalue weighted by atomic mass is 9.98. The first-order valence-electron chi connectivity index (χ1n) is 7.81. The van der Waals surface area contributed by atoms with Gasteiger partial charge in [0.05, 0.1) is 22.2 Å². The third-order valence-corrected chi connectivity index (χ3v) is 6.26. The molecule has 0 radical (unpaired) electrons. The molecule has 1 aliphatic rings. The van der Waals surface area contributed by atoms with Crippen molar-refractivity contribution in [3.05, 3.63) is 58.1 Å². The number of aromatic amines is 1. The average Bonchev–Trinajstić information content (AvgIpc) is 2.95. The summed E-state index contributed by atoms with van der Waals surface area (Å²) in [7, 11) is -3.86. The number of benzene rings is 2. The molecule has 1 unspecified atom stereocenters. The lowest BCUT2D eigenvalue weighted by Crippen LogP contribution is -2.37. The van der Waals surface area contributed by atoms with Crippen LogP contribution in [0.25, 0.3) is 11.1 Å². The number of nitrogens with zero attached hydrogens (tertiary/aromatic N) is 1. The van der Waals surface area contributed by atoms with E-state index in [0.29, 0.717) is 23.2 Å². The Morgan fingerprint density at radius 1 is 1.28 bits per heavy atom. The van der Waals surface area contributed by atoms with E-state index in [4.69, 9.17) is 4.42 Å². The van der Waals surface area contributed by atoms with Gasteiger partial charge in [0.25, 0.3) is 10.0 Å². The molecular formula is C17H16N2O5S. The Morgan fingerprint density at radius 2 is 2.08 bits per heavy atom. The molecule has 2 aromatic carbocycles. The summed E-state index contributed by atoms with van der Waals surface area (Å²) >= 11 is 0. The lowest BCUT2D eigenvalue weighted by Gasteiger charge is -2.34. The first-order chi connectivity index (χ1) is 11.9. The zero-order chi connectivity index (χ0) is 17.8.